The van der Waals surface area contributed by atoms with Gasteiger partial charge in [-0.2, -0.15) is 0 Å². The molecule has 9 amide bonds. The Labute approximate surface area is 654 Å². The number of carboxylic acids is 1. The molecule has 0 unspecified atom stereocenters. The van der Waals surface area contributed by atoms with Gasteiger partial charge >= 0.3 is 12.1 Å². The second-order valence-electron chi connectivity index (χ2n) is 29.0. The standard InChI is InChI=1S/C85H102N16O12/c1-3-50(2)76(84(110)111)101-79(105)70(36-18-21-39-88)97-82(108)73(42-53-46-91-66-32-14-10-24-57(53)66)100-83(109)74(43-54-47-92-67-33-15-11-25-58(54)67)98-78(104)69(35-17-20-38-87)95-77(103)68(34-16-19-37-86)96-81(107)72(41-52-45-90-65-31-13-9-23-56(52)65)99-80(106)71(40-51-44-89-64-30-12-8-22-55(51)64)94-75(102)48-93-85(112)113-49-63-61-28-6-4-26-59(61)60-27-5-7-29-62(60)63/h4-15,22-33,44-47,50,63,68-74,76,89-92H,3,16-21,34-43,48-49,86-88H2,1-2H3,(H,93,112)(H,94,102)(H,95,103)(H,96,107)(H,97,108)(H,98,104)(H,99,106)(H,100,109)(H,101,105)(H,110,111)/t50-,68-,69-,70-,71-,72-,73-,74-,76-/m0/s1. The van der Waals surface area contributed by atoms with Gasteiger partial charge in [0, 0.05) is 100 Å². The number of aromatic amines is 4. The summed E-state index contributed by atoms with van der Waals surface area (Å²) in [5.41, 5.74) is 27.5. The third-order valence-corrected chi connectivity index (χ3v) is 21.2. The number of aromatic nitrogens is 4. The largest absolute Gasteiger partial charge is 0.480 e. The Hall–Kier alpha value is -12.1. The molecule has 113 heavy (non-hydrogen) atoms. The van der Waals surface area contributed by atoms with Crippen molar-refractivity contribution < 1.29 is 57.8 Å². The van der Waals surface area contributed by atoms with Gasteiger partial charge in [-0.3, -0.25) is 38.4 Å². The number of unbranched alkanes of at least 4 members (excludes halogenated alkanes) is 3. The van der Waals surface area contributed by atoms with Crippen LogP contribution in [0.4, 0.5) is 4.79 Å². The van der Waals surface area contributed by atoms with E-state index in [2.05, 4.69) is 67.8 Å². The second-order valence-corrected chi connectivity index (χ2v) is 29.0. The van der Waals surface area contributed by atoms with E-state index in [1.165, 1.54) is 0 Å². The highest BCUT2D eigenvalue weighted by molar-refractivity contribution is 6.00. The van der Waals surface area contributed by atoms with Crippen molar-refractivity contribution in [1.29, 1.82) is 0 Å². The molecule has 28 nitrogen and oxygen atoms in total. The average molecular weight is 1540 g/mol. The molecular formula is C85H102N16O12. The normalized spacial score (nSPS) is 14.2. The maximum atomic E-state index is 15.5. The Morgan fingerprint density at radius 1 is 0.398 bits per heavy atom. The van der Waals surface area contributed by atoms with Crippen LogP contribution in [-0.2, 0) is 73.6 Å². The molecule has 0 bridgehead atoms. The average Bonchev–Trinajstić information content (AvgIpc) is 1.63. The molecule has 6 aromatic carbocycles. The van der Waals surface area contributed by atoms with Crippen molar-refractivity contribution in [3.05, 3.63) is 204 Å². The first kappa shape index (κ1) is 81.8. The van der Waals surface area contributed by atoms with Gasteiger partial charge in [0.1, 0.15) is 61.5 Å². The lowest BCUT2D eigenvalue weighted by Gasteiger charge is -2.28. The Balaban J connectivity index is 0.848. The number of carbonyl (C=O) groups excluding carboxylic acids is 9. The fourth-order valence-corrected chi connectivity index (χ4v) is 14.8. The molecule has 0 aliphatic heterocycles. The lowest BCUT2D eigenvalue weighted by Crippen LogP contribution is -2.61. The first-order chi connectivity index (χ1) is 54.8. The van der Waals surface area contributed by atoms with Crippen LogP contribution in [0.5, 0.6) is 0 Å². The van der Waals surface area contributed by atoms with Crippen LogP contribution in [0.15, 0.2) is 170 Å². The molecule has 10 aromatic rings. The molecule has 1 aliphatic rings. The van der Waals surface area contributed by atoms with Crippen molar-refractivity contribution >= 4 is 103 Å². The van der Waals surface area contributed by atoms with Crippen molar-refractivity contribution in [3.63, 3.8) is 0 Å². The molecule has 0 radical (unpaired) electrons. The number of nitrogens with one attached hydrogen (secondary N) is 13. The molecule has 11 rings (SSSR count). The Kier molecular flexibility index (Phi) is 28.7. The summed E-state index contributed by atoms with van der Waals surface area (Å²) in [6, 6.07) is 34.4. The van der Waals surface area contributed by atoms with Crippen molar-refractivity contribution in [2.24, 2.45) is 23.1 Å². The van der Waals surface area contributed by atoms with Crippen LogP contribution in [-0.4, -0.2) is 165 Å². The molecule has 20 N–H and O–H groups in total. The highest BCUT2D eigenvalue weighted by atomic mass is 16.5. The van der Waals surface area contributed by atoms with Gasteiger partial charge in [-0.1, -0.05) is 142 Å². The van der Waals surface area contributed by atoms with Gasteiger partial charge in [-0.05, 0) is 152 Å². The fourth-order valence-electron chi connectivity index (χ4n) is 14.8. The highest BCUT2D eigenvalue weighted by Crippen LogP contribution is 2.44. The van der Waals surface area contributed by atoms with E-state index in [9.17, 15) is 24.3 Å². The highest BCUT2D eigenvalue weighted by Gasteiger charge is 2.38. The minimum Gasteiger partial charge on any atom is -0.480 e. The molecule has 0 saturated heterocycles. The predicted molar refractivity (Wildman–Crippen MR) is 432 cm³/mol. The summed E-state index contributed by atoms with van der Waals surface area (Å²) >= 11 is 0. The third kappa shape index (κ3) is 21.1. The van der Waals surface area contributed by atoms with Gasteiger partial charge < -0.3 is 94.8 Å². The first-order valence-corrected chi connectivity index (χ1v) is 38.9. The maximum Gasteiger partial charge on any atom is 0.407 e. The summed E-state index contributed by atoms with van der Waals surface area (Å²) < 4.78 is 5.74. The predicted octanol–water partition coefficient (Wildman–Crippen LogP) is 6.82. The molecule has 28 heteroatoms. The number of rotatable bonds is 42. The van der Waals surface area contributed by atoms with E-state index in [0.29, 0.717) is 67.2 Å². The summed E-state index contributed by atoms with van der Waals surface area (Å²) in [5, 5.41) is 38.6. The lowest BCUT2D eigenvalue weighted by molar-refractivity contribution is -0.144. The number of carbonyl (C=O) groups is 10. The van der Waals surface area contributed by atoms with Crippen molar-refractivity contribution in [2.45, 2.75) is 158 Å². The van der Waals surface area contributed by atoms with Gasteiger partial charge in [-0.15, -0.1) is 0 Å². The number of amides is 9. The Morgan fingerprint density at radius 3 is 1.04 bits per heavy atom. The summed E-state index contributed by atoms with van der Waals surface area (Å²) in [4.78, 5) is 159. The van der Waals surface area contributed by atoms with Crippen LogP contribution in [0.3, 0.4) is 0 Å². The molecular weight excluding hydrogens is 1440 g/mol. The maximum absolute atomic E-state index is 15.5. The van der Waals surface area contributed by atoms with Gasteiger partial charge in [0.05, 0.1) is 0 Å². The number of alkyl carbamates (subject to hydrolysis) is 1. The number of hydrogen-bond donors (Lipinski definition) is 17. The summed E-state index contributed by atoms with van der Waals surface area (Å²) in [6.07, 6.45) is 8.41. The third-order valence-electron chi connectivity index (χ3n) is 21.2. The van der Waals surface area contributed by atoms with Gasteiger partial charge in [0.25, 0.3) is 0 Å². The van der Waals surface area contributed by atoms with Crippen LogP contribution in [0.1, 0.15) is 117 Å². The number of hydrogen-bond acceptors (Lipinski definition) is 14. The second kappa shape index (κ2) is 39.7. The Morgan fingerprint density at radius 2 is 0.699 bits per heavy atom. The van der Waals surface area contributed by atoms with Crippen LogP contribution in [0.2, 0.25) is 0 Å². The van der Waals surface area contributed by atoms with E-state index in [1.54, 1.807) is 38.6 Å². The number of H-pyrrole nitrogens is 4. The number of ether oxygens (including phenoxy) is 1. The molecule has 9 atom stereocenters. The monoisotopic (exact) mass is 1540 g/mol. The summed E-state index contributed by atoms with van der Waals surface area (Å²) in [5.74, 6) is -8.20. The zero-order valence-corrected chi connectivity index (χ0v) is 63.5. The van der Waals surface area contributed by atoms with Crippen molar-refractivity contribution in [1.82, 2.24) is 67.8 Å². The van der Waals surface area contributed by atoms with E-state index in [0.717, 1.165) is 65.9 Å². The van der Waals surface area contributed by atoms with E-state index >= 15 is 28.8 Å². The lowest BCUT2D eigenvalue weighted by atomic mass is 9.98. The van der Waals surface area contributed by atoms with E-state index in [-0.39, 0.29) is 77.1 Å². The molecule has 4 aromatic heterocycles. The number of carboxylic acid groups (broad SMARTS) is 1. The van der Waals surface area contributed by atoms with Crippen molar-refractivity contribution in [3.8, 4) is 11.1 Å². The summed E-state index contributed by atoms with van der Waals surface area (Å²) in [7, 11) is 0. The SMILES string of the molecule is CC[C@H](C)[C@H](NC(=O)[C@H](CCCCN)NC(=O)[C@H](Cc1c[nH]c2ccccc12)NC(=O)[C@H](Cc1c[nH]c2ccccc12)NC(=O)[C@H](CCCCN)NC(=O)[C@H](CCCCN)NC(=O)[C@H](Cc1c[nH]c2ccccc12)NC(=O)[C@H](Cc1c[nH]c2ccccc12)NC(=O)CNC(=O)OCC1c2ccccc2-c2ccccc21)C(=O)O. The van der Waals surface area contributed by atoms with Crippen LogP contribution >= 0.6 is 0 Å². The molecule has 1 aliphatic carbocycles. The number of aliphatic carboxylic acids is 1. The molecule has 4 heterocycles. The smallest absolute Gasteiger partial charge is 0.407 e. The molecule has 0 saturated carbocycles. The van der Waals surface area contributed by atoms with E-state index in [1.807, 2.05) is 146 Å². The minimum atomic E-state index is -1.46. The molecule has 0 spiro atoms. The number of nitrogens with two attached hydrogens (primary N) is 3. The van der Waals surface area contributed by atoms with E-state index < -0.39 is 120 Å². The molecule has 0 fully saturated rings. The van der Waals surface area contributed by atoms with Crippen LogP contribution in [0.25, 0.3) is 54.7 Å². The van der Waals surface area contributed by atoms with Gasteiger partial charge in [0.2, 0.25) is 47.3 Å². The Bertz CT molecular complexity index is 4940. The number of benzene rings is 6. The van der Waals surface area contributed by atoms with Crippen LogP contribution in [0, 0.1) is 5.92 Å². The zero-order valence-electron chi connectivity index (χ0n) is 63.5. The number of para-hydroxylation sites is 4. The summed E-state index contributed by atoms with van der Waals surface area (Å²) in [6.45, 7) is 3.65. The zero-order chi connectivity index (χ0) is 79.9. The topological polar surface area (TPSA) is 450 Å². The quantitative estimate of drug-likeness (QED) is 0.0175. The van der Waals surface area contributed by atoms with E-state index in [4.69, 9.17) is 21.9 Å². The molecule has 594 valence electrons. The first-order valence-electron chi connectivity index (χ1n) is 38.9. The minimum absolute atomic E-state index is 0.00261. The number of fused-ring (bicyclic) bond motifs is 7. The van der Waals surface area contributed by atoms with Crippen molar-refractivity contribution in [2.75, 3.05) is 32.8 Å². The van der Waals surface area contributed by atoms with Gasteiger partial charge in [-0.25, -0.2) is 9.59 Å². The van der Waals surface area contributed by atoms with Gasteiger partial charge in [0.15, 0.2) is 0 Å². The van der Waals surface area contributed by atoms with Crippen LogP contribution < -0.4 is 65.1 Å². The fraction of sp³-hybridized carbons (Fsp3) is 0.365.